The summed E-state index contributed by atoms with van der Waals surface area (Å²) in [4.78, 5) is -0.130. The highest BCUT2D eigenvalue weighted by atomic mass is 32.2. The number of nitrogens with one attached hydrogen (secondary N) is 1. The summed E-state index contributed by atoms with van der Waals surface area (Å²) in [6.45, 7) is 0. The lowest BCUT2D eigenvalue weighted by molar-refractivity contribution is 0.394. The van der Waals surface area contributed by atoms with E-state index >= 15 is 0 Å². The summed E-state index contributed by atoms with van der Waals surface area (Å²) < 4.78 is 48.2. The van der Waals surface area contributed by atoms with Gasteiger partial charge in [-0.15, -0.1) is 0 Å². The Kier molecular flexibility index (Phi) is 3.11. The minimum Gasteiger partial charge on any atom is -0.383 e. The van der Waals surface area contributed by atoms with Crippen molar-refractivity contribution in [1.82, 2.24) is 14.5 Å². The van der Waals surface area contributed by atoms with Crippen molar-refractivity contribution in [3.8, 4) is 0 Å². The van der Waals surface area contributed by atoms with E-state index in [9.17, 15) is 16.8 Å². The fourth-order valence-electron chi connectivity index (χ4n) is 1.90. The molecule has 1 atom stereocenters. The van der Waals surface area contributed by atoms with Gasteiger partial charge >= 0.3 is 0 Å². The van der Waals surface area contributed by atoms with Gasteiger partial charge in [0.15, 0.2) is 9.84 Å². The third-order valence-corrected chi connectivity index (χ3v) is 6.70. The first kappa shape index (κ1) is 13.3. The van der Waals surface area contributed by atoms with Crippen molar-refractivity contribution in [3.63, 3.8) is 0 Å². The molecule has 0 bridgehead atoms. The van der Waals surface area contributed by atoms with Crippen LogP contribution < -0.4 is 5.73 Å². The summed E-state index contributed by atoms with van der Waals surface area (Å²) in [5.41, 5.74) is 5.47. The number of nitrogen functional groups attached to an aromatic ring is 1. The van der Waals surface area contributed by atoms with Crippen LogP contribution in [0.2, 0.25) is 0 Å². The van der Waals surface area contributed by atoms with E-state index in [0.717, 1.165) is 10.5 Å². The Labute approximate surface area is 105 Å². The van der Waals surface area contributed by atoms with Crippen LogP contribution in [0.5, 0.6) is 0 Å². The number of aromatic amines is 1. The van der Waals surface area contributed by atoms with Crippen LogP contribution in [0.1, 0.15) is 6.42 Å². The average Bonchev–Trinajstić information content (AvgIpc) is 2.83. The molecule has 18 heavy (non-hydrogen) atoms. The quantitative estimate of drug-likeness (QED) is 0.721. The number of hydrogen-bond acceptors (Lipinski definition) is 6. The standard InChI is InChI=1S/C8H14N4O4S2/c1-12(6-2-3-17(13,14)5-6)18(15,16)7-4-10-11-8(7)9/h4,6H,2-3,5H2,1H3,(H3,9,10,11). The van der Waals surface area contributed by atoms with Gasteiger partial charge in [0.25, 0.3) is 0 Å². The van der Waals surface area contributed by atoms with Gasteiger partial charge in [0.2, 0.25) is 10.0 Å². The SMILES string of the molecule is CN(C1CCS(=O)(=O)C1)S(=O)(=O)c1cn[nH]c1N. The number of H-pyrrole nitrogens is 1. The Morgan fingerprint density at radius 3 is 2.67 bits per heavy atom. The summed E-state index contributed by atoms with van der Waals surface area (Å²) in [5, 5.41) is 5.89. The summed E-state index contributed by atoms with van der Waals surface area (Å²) in [5.74, 6) is -0.193. The minimum absolute atomic E-state index is 0.0123. The van der Waals surface area contributed by atoms with Gasteiger partial charge in [0.1, 0.15) is 10.7 Å². The second-order valence-electron chi connectivity index (χ2n) is 4.23. The highest BCUT2D eigenvalue weighted by Crippen LogP contribution is 2.25. The van der Waals surface area contributed by atoms with Crippen molar-refractivity contribution < 1.29 is 16.8 Å². The molecule has 0 aromatic carbocycles. The molecule has 2 heterocycles. The maximum Gasteiger partial charge on any atom is 0.248 e. The van der Waals surface area contributed by atoms with Gasteiger partial charge < -0.3 is 5.73 Å². The Hall–Kier alpha value is -1.13. The molecule has 1 aliphatic heterocycles. The highest BCUT2D eigenvalue weighted by molar-refractivity contribution is 7.92. The van der Waals surface area contributed by atoms with Crippen molar-refractivity contribution in [2.75, 3.05) is 24.3 Å². The van der Waals surface area contributed by atoms with Gasteiger partial charge in [-0.2, -0.15) is 9.40 Å². The van der Waals surface area contributed by atoms with Crippen molar-refractivity contribution in [2.45, 2.75) is 17.4 Å². The van der Waals surface area contributed by atoms with E-state index in [2.05, 4.69) is 10.2 Å². The van der Waals surface area contributed by atoms with Crippen LogP contribution >= 0.6 is 0 Å². The van der Waals surface area contributed by atoms with Crippen molar-refractivity contribution >= 4 is 25.7 Å². The third kappa shape index (κ3) is 2.22. The topological polar surface area (TPSA) is 126 Å². The zero-order valence-electron chi connectivity index (χ0n) is 9.70. The van der Waals surface area contributed by atoms with Gasteiger partial charge in [-0.05, 0) is 6.42 Å². The first-order chi connectivity index (χ1) is 8.24. The molecule has 8 nitrogen and oxygen atoms in total. The molecule has 1 aliphatic rings. The molecule has 0 spiro atoms. The van der Waals surface area contributed by atoms with Gasteiger partial charge in [-0.25, -0.2) is 16.8 Å². The van der Waals surface area contributed by atoms with Gasteiger partial charge in [-0.1, -0.05) is 0 Å². The normalized spacial score (nSPS) is 23.6. The Morgan fingerprint density at radius 2 is 2.22 bits per heavy atom. The molecular formula is C8H14N4O4S2. The summed E-state index contributed by atoms with van der Waals surface area (Å²) >= 11 is 0. The highest BCUT2D eigenvalue weighted by Gasteiger charge is 2.37. The second kappa shape index (κ2) is 4.21. The lowest BCUT2D eigenvalue weighted by Crippen LogP contribution is -2.37. The molecule has 1 aromatic heterocycles. The molecule has 1 saturated heterocycles. The Balaban J connectivity index is 2.30. The van der Waals surface area contributed by atoms with Crippen molar-refractivity contribution in [1.29, 1.82) is 0 Å². The van der Waals surface area contributed by atoms with E-state index in [1.807, 2.05) is 0 Å². The average molecular weight is 294 g/mol. The summed E-state index contributed by atoms with van der Waals surface area (Å²) in [6, 6.07) is -0.547. The van der Waals surface area contributed by atoms with Crippen LogP contribution in [0.25, 0.3) is 0 Å². The molecule has 0 radical (unpaired) electrons. The number of nitrogens with two attached hydrogens (primary N) is 1. The smallest absolute Gasteiger partial charge is 0.248 e. The number of nitrogens with zero attached hydrogens (tertiary/aromatic N) is 2. The van der Waals surface area contributed by atoms with Gasteiger partial charge in [-0.3, -0.25) is 5.10 Å². The Morgan fingerprint density at radius 1 is 1.56 bits per heavy atom. The summed E-state index contributed by atoms with van der Waals surface area (Å²) in [6.07, 6.45) is 1.42. The lowest BCUT2D eigenvalue weighted by atomic mass is 10.3. The number of aromatic nitrogens is 2. The van der Waals surface area contributed by atoms with E-state index in [-0.39, 0.29) is 22.2 Å². The molecule has 10 heteroatoms. The maximum atomic E-state index is 12.2. The van der Waals surface area contributed by atoms with E-state index in [1.54, 1.807) is 0 Å². The molecular weight excluding hydrogens is 280 g/mol. The van der Waals surface area contributed by atoms with E-state index in [4.69, 9.17) is 5.73 Å². The first-order valence-corrected chi connectivity index (χ1v) is 8.47. The van der Waals surface area contributed by atoms with Crippen LogP contribution in [0.4, 0.5) is 5.82 Å². The molecule has 1 fully saturated rings. The third-order valence-electron chi connectivity index (χ3n) is 3.01. The zero-order valence-corrected chi connectivity index (χ0v) is 11.3. The molecule has 1 unspecified atom stereocenters. The minimum atomic E-state index is -3.81. The molecule has 102 valence electrons. The van der Waals surface area contributed by atoms with Gasteiger partial charge in [0.05, 0.1) is 17.7 Å². The Bertz CT molecular complexity index is 648. The van der Waals surface area contributed by atoms with Crippen LogP contribution in [-0.4, -0.2) is 55.9 Å². The van der Waals surface area contributed by atoms with Gasteiger partial charge in [0, 0.05) is 13.1 Å². The maximum absolute atomic E-state index is 12.2. The fraction of sp³-hybridized carbons (Fsp3) is 0.625. The summed E-state index contributed by atoms with van der Waals surface area (Å²) in [7, 11) is -5.60. The van der Waals surface area contributed by atoms with E-state index in [1.165, 1.54) is 7.05 Å². The molecule has 0 saturated carbocycles. The van der Waals surface area contributed by atoms with Crippen LogP contribution in [0.3, 0.4) is 0 Å². The molecule has 0 aliphatic carbocycles. The van der Waals surface area contributed by atoms with Crippen molar-refractivity contribution in [3.05, 3.63) is 6.20 Å². The molecule has 0 amide bonds. The second-order valence-corrected chi connectivity index (χ2v) is 8.42. The number of sulfonamides is 1. The van der Waals surface area contributed by atoms with Crippen LogP contribution in [0.15, 0.2) is 11.1 Å². The molecule has 3 N–H and O–H groups in total. The monoisotopic (exact) mass is 294 g/mol. The predicted octanol–water partition coefficient (Wildman–Crippen LogP) is -1.20. The number of anilines is 1. The van der Waals surface area contributed by atoms with Crippen LogP contribution in [0, 0.1) is 0 Å². The lowest BCUT2D eigenvalue weighted by Gasteiger charge is -2.22. The van der Waals surface area contributed by atoms with Crippen LogP contribution in [-0.2, 0) is 19.9 Å². The molecule has 1 aromatic rings. The van der Waals surface area contributed by atoms with E-state index in [0.29, 0.717) is 6.42 Å². The van der Waals surface area contributed by atoms with Crippen molar-refractivity contribution in [2.24, 2.45) is 0 Å². The largest absolute Gasteiger partial charge is 0.383 e. The zero-order chi connectivity index (χ0) is 13.6. The van der Waals surface area contributed by atoms with E-state index < -0.39 is 25.9 Å². The predicted molar refractivity (Wildman–Crippen MR) is 65.0 cm³/mol. The molecule has 2 rings (SSSR count). The number of hydrogen-bond donors (Lipinski definition) is 2. The first-order valence-electron chi connectivity index (χ1n) is 5.21. The number of rotatable bonds is 3. The fourth-order valence-corrected chi connectivity index (χ4v) is 5.17. The number of sulfone groups is 1.